The number of hydrogen-bond acceptors (Lipinski definition) is 16. The Morgan fingerprint density at radius 2 is 0.275 bits per heavy atom. The summed E-state index contributed by atoms with van der Waals surface area (Å²) < 4.78 is 0. The van der Waals surface area contributed by atoms with Gasteiger partial charge in [-0.2, -0.15) is 0 Å². The molecular formula is C16H24N8Na8O8. The molecule has 0 amide bonds. The van der Waals surface area contributed by atoms with Crippen LogP contribution < -0.4 is 277 Å². The molecule has 0 aliphatic rings. The van der Waals surface area contributed by atoms with Crippen molar-refractivity contribution in [1.82, 2.24) is 0 Å². The molecule has 16 nitrogen and oxygen atoms in total. The molecule has 0 fully saturated rings. The second-order valence-electron chi connectivity index (χ2n) is 5.39. The smallest absolute Gasteiger partial charge is 0.862 e. The fourth-order valence-corrected chi connectivity index (χ4v) is 0.908. The van der Waals surface area contributed by atoms with Crippen LogP contribution in [0.15, 0.2) is 0 Å². The van der Waals surface area contributed by atoms with E-state index in [0.717, 1.165) is 0 Å². The third-order valence-corrected chi connectivity index (χ3v) is 2.32. The summed E-state index contributed by atoms with van der Waals surface area (Å²) in [5, 5.41) is 129. The third kappa shape index (κ3) is 123. The molecule has 0 saturated carbocycles. The molecule has 40 heavy (non-hydrogen) atoms. The Balaban J connectivity index is -0.0000000245. The fourth-order valence-electron chi connectivity index (χ4n) is 0.908. The number of rotatable bonds is 12. The van der Waals surface area contributed by atoms with E-state index in [1.165, 1.54) is 0 Å². The number of hydrogen-bond donors (Lipinski definition) is 8. The van der Waals surface area contributed by atoms with E-state index in [2.05, 4.69) is 0 Å². The van der Waals surface area contributed by atoms with Crippen LogP contribution in [0.1, 0.15) is 51.4 Å². The second kappa shape index (κ2) is 58.3. The molecule has 0 aromatic heterocycles. The predicted octanol–water partition coefficient (Wildman–Crippen LogP) is -30.2. The minimum atomic E-state index is -0.786. The molecule has 0 radical (unpaired) electrons. The van der Waals surface area contributed by atoms with E-state index in [-0.39, 0.29) is 288 Å². The molecule has 0 spiro atoms. The summed E-state index contributed by atoms with van der Waals surface area (Å²) in [6.07, 6.45) is -0.981. The van der Waals surface area contributed by atoms with E-state index in [1.807, 2.05) is 0 Å². The van der Waals surface area contributed by atoms with Crippen molar-refractivity contribution in [3.63, 3.8) is 0 Å². The van der Waals surface area contributed by atoms with Gasteiger partial charge in [-0.1, -0.05) is 0 Å². The zero-order valence-corrected chi connectivity index (χ0v) is 40.9. The van der Waals surface area contributed by atoms with E-state index in [4.69, 9.17) is 43.3 Å². The largest absolute Gasteiger partial charge is 1.00 e. The monoisotopic (exact) mass is 640 g/mol. The van der Waals surface area contributed by atoms with Gasteiger partial charge in [-0.05, 0) is 98.5 Å². The van der Waals surface area contributed by atoms with Crippen molar-refractivity contribution in [1.29, 1.82) is 43.3 Å². The molecule has 8 N–H and O–H groups in total. The van der Waals surface area contributed by atoms with Crippen molar-refractivity contribution in [2.45, 2.75) is 51.4 Å². The van der Waals surface area contributed by atoms with Crippen molar-refractivity contribution in [2.24, 2.45) is 0 Å². The molecular weight excluding hydrogens is 616 g/mol. The molecule has 0 heterocycles. The summed E-state index contributed by atoms with van der Waals surface area (Å²) in [5.41, 5.74) is 0. The van der Waals surface area contributed by atoms with Crippen molar-refractivity contribution < 1.29 is 277 Å². The van der Waals surface area contributed by atoms with Crippen molar-refractivity contribution in [2.75, 3.05) is 0 Å². The number of nitrogens with one attached hydrogen (secondary N) is 8. The summed E-state index contributed by atoms with van der Waals surface area (Å²) >= 11 is 0. The molecule has 0 aromatic carbocycles. The molecule has 24 heteroatoms. The van der Waals surface area contributed by atoms with Crippen LogP contribution in [0.2, 0.25) is 0 Å². The van der Waals surface area contributed by atoms with Crippen LogP contribution in [0.3, 0.4) is 0 Å². The Bertz CT molecular complexity index is 527. The zero-order valence-electron chi connectivity index (χ0n) is 24.9. The molecule has 0 bridgehead atoms. The fraction of sp³-hybridized carbons (Fsp3) is 0.500. The maximum Gasteiger partial charge on any atom is 1.00 e. The Hall–Kier alpha value is 3.76. The average molecular weight is 640 g/mol. The van der Waals surface area contributed by atoms with E-state index < -0.39 is 47.2 Å². The van der Waals surface area contributed by atoms with Crippen molar-refractivity contribution in [3.8, 4) is 0 Å². The van der Waals surface area contributed by atoms with E-state index >= 15 is 0 Å². The maximum atomic E-state index is 9.78. The van der Waals surface area contributed by atoms with Gasteiger partial charge < -0.3 is 84.1 Å². The van der Waals surface area contributed by atoms with Gasteiger partial charge in [-0.3, -0.25) is 0 Å². The molecule has 0 aliphatic heterocycles. The SMILES string of the molecule is N=C([O-])CCC(=N)[O-].N=C([O-])CCC(=N)[O-].N=C([O-])CCC(=N)[O-].N=C([O-])CCC(=N)[O-].[Na+].[Na+].[Na+].[Na+].[Na+].[Na+].[Na+].[Na+]. The minimum absolute atomic E-state index is 0. The van der Waals surface area contributed by atoms with E-state index in [1.54, 1.807) is 0 Å². The molecule has 0 saturated heterocycles. The van der Waals surface area contributed by atoms with Gasteiger partial charge in [0.05, 0.1) is 0 Å². The van der Waals surface area contributed by atoms with Gasteiger partial charge in [0, 0.05) is 0 Å². The van der Waals surface area contributed by atoms with Crippen LogP contribution in [0, 0.1) is 43.3 Å². The van der Waals surface area contributed by atoms with Crippen LogP contribution in [0.4, 0.5) is 0 Å². The Morgan fingerprint density at radius 1 is 0.225 bits per heavy atom. The first-order valence-corrected chi connectivity index (χ1v) is 8.46. The Kier molecular flexibility index (Phi) is 116. The van der Waals surface area contributed by atoms with Crippen LogP contribution in [-0.4, -0.2) is 47.2 Å². The predicted molar refractivity (Wildman–Crippen MR) is 98.7 cm³/mol. The Labute approximate surface area is 410 Å². The van der Waals surface area contributed by atoms with E-state index in [0.29, 0.717) is 0 Å². The molecule has 0 aromatic rings. The van der Waals surface area contributed by atoms with Crippen LogP contribution >= 0.6 is 0 Å². The van der Waals surface area contributed by atoms with Crippen molar-refractivity contribution >= 4 is 47.2 Å². The molecule has 0 unspecified atom stereocenters. The van der Waals surface area contributed by atoms with Crippen molar-refractivity contribution in [3.05, 3.63) is 0 Å². The summed E-state index contributed by atoms with van der Waals surface area (Å²) in [5.74, 6) is -6.29. The standard InChI is InChI=1S/4C4H8N2O2.8Na/c4*5-3(7)1-2-4(6)8;;;;;;;;/h4*1-2H2,(H2,5,7)(H2,6,8);;;;;;;;/q;;;;8*+1/p-8. The first-order chi connectivity index (χ1) is 14.5. The quantitative estimate of drug-likeness (QED) is 0.0573. The summed E-state index contributed by atoms with van der Waals surface area (Å²) in [7, 11) is 0. The maximum absolute atomic E-state index is 9.78. The van der Waals surface area contributed by atoms with Gasteiger partial charge in [0.15, 0.2) is 0 Å². The van der Waals surface area contributed by atoms with Gasteiger partial charge in [-0.15, -0.1) is 0 Å². The van der Waals surface area contributed by atoms with Crippen LogP contribution in [0.5, 0.6) is 0 Å². The van der Waals surface area contributed by atoms with E-state index in [9.17, 15) is 40.9 Å². The molecule has 0 aliphatic carbocycles. The first kappa shape index (κ1) is 79.3. The zero-order chi connectivity index (χ0) is 26.3. The Morgan fingerprint density at radius 3 is 0.300 bits per heavy atom. The van der Waals surface area contributed by atoms with Gasteiger partial charge in [0.25, 0.3) is 0 Å². The summed E-state index contributed by atoms with van der Waals surface area (Å²) in [6, 6.07) is 0. The molecule has 184 valence electrons. The molecule has 0 atom stereocenters. The second-order valence-corrected chi connectivity index (χ2v) is 5.39. The topological polar surface area (TPSA) is 375 Å². The van der Waals surface area contributed by atoms with Crippen LogP contribution in [0.25, 0.3) is 0 Å². The first-order valence-electron chi connectivity index (χ1n) is 8.46. The normalized spacial score (nSPS) is 6.80. The summed E-state index contributed by atoms with van der Waals surface area (Å²) in [4.78, 5) is 0. The van der Waals surface area contributed by atoms with Crippen LogP contribution in [-0.2, 0) is 0 Å². The average Bonchev–Trinajstić information content (AvgIpc) is 2.63. The van der Waals surface area contributed by atoms with Gasteiger partial charge in [-0.25, -0.2) is 0 Å². The van der Waals surface area contributed by atoms with Gasteiger partial charge in [0.1, 0.15) is 0 Å². The molecule has 0 rings (SSSR count). The van der Waals surface area contributed by atoms with Gasteiger partial charge in [0.2, 0.25) is 0 Å². The van der Waals surface area contributed by atoms with Gasteiger partial charge >= 0.3 is 236 Å². The third-order valence-electron chi connectivity index (χ3n) is 2.32. The minimum Gasteiger partial charge on any atom is -0.862 e. The summed E-state index contributed by atoms with van der Waals surface area (Å²) in [6.45, 7) is 0.